The van der Waals surface area contributed by atoms with E-state index in [2.05, 4.69) is 10.3 Å². The van der Waals surface area contributed by atoms with Gasteiger partial charge in [-0.25, -0.2) is 4.39 Å². The van der Waals surface area contributed by atoms with Gasteiger partial charge in [0.1, 0.15) is 17.6 Å². The van der Waals surface area contributed by atoms with Crippen molar-refractivity contribution in [3.63, 3.8) is 0 Å². The zero-order valence-electron chi connectivity index (χ0n) is 16.6. The highest BCUT2D eigenvalue weighted by atomic mass is 35.5. The van der Waals surface area contributed by atoms with E-state index in [1.54, 1.807) is 29.3 Å². The second-order valence-electron chi connectivity index (χ2n) is 7.16. The number of nitrogens with zero attached hydrogens (tertiary/aromatic N) is 2. The maximum Gasteiger partial charge on any atom is 0.174 e. The van der Waals surface area contributed by atoms with Crippen LogP contribution in [0.15, 0.2) is 99.5 Å². The monoisotopic (exact) mass is 481 g/mol. The van der Waals surface area contributed by atoms with Gasteiger partial charge in [-0.1, -0.05) is 41.6 Å². The molecule has 0 saturated carbocycles. The molecule has 1 fully saturated rings. The Morgan fingerprint density at radius 2 is 1.78 bits per heavy atom. The third-order valence-corrected chi connectivity index (χ3v) is 6.63. The van der Waals surface area contributed by atoms with Crippen molar-refractivity contribution in [1.29, 1.82) is 0 Å². The summed E-state index contributed by atoms with van der Waals surface area (Å²) < 4.78 is 21.0. The largest absolute Gasteiger partial charge is 0.452 e. The zero-order chi connectivity index (χ0) is 22.1. The highest BCUT2D eigenvalue weighted by molar-refractivity contribution is 7.99. The molecule has 2 atom stereocenters. The number of anilines is 1. The normalized spacial score (nSPS) is 18.1. The number of halogens is 2. The van der Waals surface area contributed by atoms with Crippen LogP contribution < -0.4 is 10.2 Å². The van der Waals surface area contributed by atoms with Crippen LogP contribution in [-0.2, 0) is 0 Å². The maximum absolute atomic E-state index is 14.8. The first-order chi connectivity index (χ1) is 15.6. The molecule has 1 saturated heterocycles. The first kappa shape index (κ1) is 21.0. The van der Waals surface area contributed by atoms with E-state index in [0.29, 0.717) is 26.7 Å². The molecule has 0 radical (unpaired) electrons. The van der Waals surface area contributed by atoms with Crippen LogP contribution >= 0.6 is 35.6 Å². The lowest BCUT2D eigenvalue weighted by Gasteiger charge is -2.26. The van der Waals surface area contributed by atoms with E-state index in [0.717, 1.165) is 10.6 Å². The minimum absolute atomic E-state index is 0.303. The lowest BCUT2D eigenvalue weighted by atomic mass is 10.0. The molecule has 2 unspecified atom stereocenters. The molecule has 0 aliphatic carbocycles. The second kappa shape index (κ2) is 8.94. The molecule has 2 aromatic heterocycles. The summed E-state index contributed by atoms with van der Waals surface area (Å²) in [6.07, 6.45) is 1.73. The number of rotatable bonds is 5. The molecule has 4 nitrogen and oxygen atoms in total. The van der Waals surface area contributed by atoms with E-state index in [1.807, 2.05) is 54.6 Å². The maximum atomic E-state index is 14.8. The van der Waals surface area contributed by atoms with E-state index in [-0.39, 0.29) is 11.9 Å². The zero-order valence-corrected chi connectivity index (χ0v) is 19.0. The van der Waals surface area contributed by atoms with Crippen molar-refractivity contribution in [2.24, 2.45) is 0 Å². The van der Waals surface area contributed by atoms with Crippen molar-refractivity contribution >= 4 is 46.4 Å². The van der Waals surface area contributed by atoms with Crippen molar-refractivity contribution in [2.75, 3.05) is 4.90 Å². The van der Waals surface area contributed by atoms with Crippen molar-refractivity contribution < 1.29 is 8.81 Å². The predicted octanol–water partition coefficient (Wildman–Crippen LogP) is 6.80. The number of para-hydroxylation sites is 1. The smallest absolute Gasteiger partial charge is 0.174 e. The fraction of sp³-hybridized carbons (Fsp3) is 0.0833. The fourth-order valence-electron chi connectivity index (χ4n) is 3.72. The van der Waals surface area contributed by atoms with Gasteiger partial charge in [-0.15, -0.1) is 0 Å². The molecule has 3 heterocycles. The molecule has 8 heteroatoms. The van der Waals surface area contributed by atoms with Gasteiger partial charge in [0.05, 0.1) is 17.4 Å². The summed E-state index contributed by atoms with van der Waals surface area (Å²) in [6.45, 7) is 0. The number of nitrogens with one attached hydrogen (secondary N) is 1. The van der Waals surface area contributed by atoms with E-state index in [9.17, 15) is 4.39 Å². The fourth-order valence-corrected chi connectivity index (χ4v) is 4.96. The molecule has 4 aromatic rings. The molecule has 1 N–H and O–H groups in total. The van der Waals surface area contributed by atoms with E-state index < -0.39 is 6.04 Å². The average molecular weight is 482 g/mol. The molecule has 5 rings (SSSR count). The van der Waals surface area contributed by atoms with Crippen LogP contribution in [0.1, 0.15) is 23.5 Å². The Morgan fingerprint density at radius 1 is 1.00 bits per heavy atom. The van der Waals surface area contributed by atoms with Gasteiger partial charge in [0.15, 0.2) is 10.2 Å². The highest BCUT2D eigenvalue weighted by Gasteiger charge is 2.43. The highest BCUT2D eigenvalue weighted by Crippen LogP contribution is 2.44. The number of furan rings is 1. The van der Waals surface area contributed by atoms with Gasteiger partial charge in [-0.05, 0) is 72.9 Å². The minimum atomic E-state index is -0.408. The van der Waals surface area contributed by atoms with Crippen molar-refractivity contribution in [1.82, 2.24) is 10.3 Å². The van der Waals surface area contributed by atoms with Crippen molar-refractivity contribution in [3.8, 4) is 0 Å². The number of pyridine rings is 1. The van der Waals surface area contributed by atoms with Gasteiger partial charge in [0.2, 0.25) is 0 Å². The van der Waals surface area contributed by atoms with Gasteiger partial charge < -0.3 is 14.6 Å². The standard InChI is InChI=1S/C24H17ClFN3OS2/c25-15-8-10-16(11-9-15)32-21-13-12-20(30-21)23-22(18-6-3-4-14-27-18)28-24(31)29(23)19-7-2-1-5-17(19)26/h1-14,22-23H,(H,28,31). The summed E-state index contributed by atoms with van der Waals surface area (Å²) in [5, 5.41) is 5.12. The van der Waals surface area contributed by atoms with Gasteiger partial charge in [0, 0.05) is 16.1 Å². The molecule has 0 bridgehead atoms. The first-order valence-electron chi connectivity index (χ1n) is 9.88. The quantitative estimate of drug-likeness (QED) is 0.316. The van der Waals surface area contributed by atoms with E-state index >= 15 is 0 Å². The Kier molecular flexibility index (Phi) is 5.87. The van der Waals surface area contributed by atoms with Crippen LogP contribution in [0.2, 0.25) is 5.02 Å². The van der Waals surface area contributed by atoms with Gasteiger partial charge >= 0.3 is 0 Å². The lowest BCUT2D eigenvalue weighted by Crippen LogP contribution is -2.30. The van der Waals surface area contributed by atoms with E-state index in [1.165, 1.54) is 17.8 Å². The van der Waals surface area contributed by atoms with Crippen LogP contribution in [0.25, 0.3) is 0 Å². The SMILES string of the molecule is Fc1ccccc1N1C(=S)NC(c2ccccn2)C1c1ccc(Sc2ccc(Cl)cc2)o1. The van der Waals surface area contributed by atoms with Crippen LogP contribution in [-0.4, -0.2) is 10.1 Å². The Balaban J connectivity index is 1.54. The molecule has 0 amide bonds. The van der Waals surface area contributed by atoms with E-state index in [4.69, 9.17) is 28.2 Å². The summed E-state index contributed by atoms with van der Waals surface area (Å²) in [6, 6.07) is 22.9. The molecule has 2 aromatic carbocycles. The van der Waals surface area contributed by atoms with Crippen LogP contribution in [0, 0.1) is 5.82 Å². The number of hydrogen-bond acceptors (Lipinski definition) is 4. The molecule has 0 spiro atoms. The molecule has 1 aliphatic heterocycles. The first-order valence-corrected chi connectivity index (χ1v) is 11.5. The third-order valence-electron chi connectivity index (χ3n) is 5.14. The second-order valence-corrected chi connectivity index (χ2v) is 9.06. The summed E-state index contributed by atoms with van der Waals surface area (Å²) in [5.41, 5.74) is 1.18. The Hall–Kier alpha value is -2.87. The van der Waals surface area contributed by atoms with Crippen molar-refractivity contribution in [2.45, 2.75) is 22.1 Å². The summed E-state index contributed by atoms with van der Waals surface area (Å²) in [7, 11) is 0. The lowest BCUT2D eigenvalue weighted by molar-refractivity contribution is 0.382. The molecular formula is C24H17ClFN3OS2. The minimum Gasteiger partial charge on any atom is -0.452 e. The third kappa shape index (κ3) is 4.11. The number of thiocarbonyl (C=S) groups is 1. The summed E-state index contributed by atoms with van der Waals surface area (Å²) in [5.74, 6) is 0.304. The van der Waals surface area contributed by atoms with Gasteiger partial charge in [0.25, 0.3) is 0 Å². The van der Waals surface area contributed by atoms with Crippen LogP contribution in [0.3, 0.4) is 0 Å². The summed E-state index contributed by atoms with van der Waals surface area (Å²) >= 11 is 13.1. The molecule has 1 aliphatic rings. The molecule has 160 valence electrons. The van der Waals surface area contributed by atoms with Gasteiger partial charge in [-0.3, -0.25) is 4.98 Å². The Bertz CT molecular complexity index is 1250. The van der Waals surface area contributed by atoms with Crippen molar-refractivity contribution in [3.05, 3.63) is 107 Å². The number of hydrogen-bond donors (Lipinski definition) is 1. The predicted molar refractivity (Wildman–Crippen MR) is 129 cm³/mol. The Morgan fingerprint density at radius 3 is 2.53 bits per heavy atom. The topological polar surface area (TPSA) is 41.3 Å². The van der Waals surface area contributed by atoms with Crippen LogP contribution in [0.5, 0.6) is 0 Å². The molecular weight excluding hydrogens is 465 g/mol. The summed E-state index contributed by atoms with van der Waals surface area (Å²) in [4.78, 5) is 7.27. The average Bonchev–Trinajstić information content (AvgIpc) is 3.40. The van der Waals surface area contributed by atoms with Crippen LogP contribution in [0.4, 0.5) is 10.1 Å². The van der Waals surface area contributed by atoms with Gasteiger partial charge in [-0.2, -0.15) is 0 Å². The Labute approximate surface area is 199 Å². The number of benzene rings is 2. The molecule has 32 heavy (non-hydrogen) atoms. The number of aromatic nitrogens is 1.